The number of hydrogen-bond donors (Lipinski definition) is 1. The van der Waals surface area contributed by atoms with E-state index >= 15 is 0 Å². The van der Waals surface area contributed by atoms with Crippen molar-refractivity contribution in [3.05, 3.63) is 0 Å². The van der Waals surface area contributed by atoms with Gasteiger partial charge in [0.2, 0.25) is 5.91 Å². The first-order valence-electron chi connectivity index (χ1n) is 4.65. The molecule has 0 radical (unpaired) electrons. The highest BCUT2D eigenvalue weighted by Crippen LogP contribution is 2.18. The Morgan fingerprint density at radius 3 is 2.93 bits per heavy atom. The first kappa shape index (κ1) is 11.0. The van der Waals surface area contributed by atoms with Gasteiger partial charge in [-0.15, -0.1) is 0 Å². The van der Waals surface area contributed by atoms with Gasteiger partial charge < -0.3 is 15.4 Å². The zero-order valence-electron chi connectivity index (χ0n) is 8.53. The molecule has 1 amide bonds. The molecule has 0 aromatic rings. The molecule has 2 unspecified atom stereocenters. The van der Waals surface area contributed by atoms with E-state index in [1.54, 1.807) is 4.90 Å². The molecule has 5 heteroatoms. The predicted octanol–water partition coefficient (Wildman–Crippen LogP) is -0.645. The van der Waals surface area contributed by atoms with Crippen molar-refractivity contribution in [1.29, 1.82) is 0 Å². The van der Waals surface area contributed by atoms with Crippen molar-refractivity contribution in [3.63, 3.8) is 0 Å². The molecule has 5 nitrogen and oxygen atoms in total. The third kappa shape index (κ3) is 2.45. The summed E-state index contributed by atoms with van der Waals surface area (Å²) in [5, 5.41) is 0. The van der Waals surface area contributed by atoms with E-state index < -0.39 is 0 Å². The summed E-state index contributed by atoms with van der Waals surface area (Å²) in [4.78, 5) is 24.2. The van der Waals surface area contributed by atoms with Gasteiger partial charge in [-0.25, -0.2) is 0 Å². The number of ether oxygens (including phenoxy) is 1. The summed E-state index contributed by atoms with van der Waals surface area (Å²) in [6.45, 7) is 2.78. The minimum Gasteiger partial charge on any atom is -0.469 e. The molecular formula is C9H16N2O3. The maximum absolute atomic E-state index is 11.4. The van der Waals surface area contributed by atoms with Crippen molar-refractivity contribution in [3.8, 4) is 0 Å². The van der Waals surface area contributed by atoms with Crippen LogP contribution >= 0.6 is 0 Å². The minimum atomic E-state index is -0.314. The Morgan fingerprint density at radius 2 is 2.43 bits per heavy atom. The topological polar surface area (TPSA) is 72.6 Å². The second-order valence-corrected chi connectivity index (χ2v) is 3.70. The highest BCUT2D eigenvalue weighted by molar-refractivity contribution is 5.86. The average Bonchev–Trinajstić information content (AvgIpc) is 2.46. The zero-order chi connectivity index (χ0) is 10.7. The van der Waals surface area contributed by atoms with Crippen LogP contribution in [0.4, 0.5) is 0 Å². The van der Waals surface area contributed by atoms with Crippen LogP contribution in [0.15, 0.2) is 0 Å². The molecule has 14 heavy (non-hydrogen) atoms. The fourth-order valence-electron chi connectivity index (χ4n) is 1.62. The summed E-state index contributed by atoms with van der Waals surface area (Å²) in [6, 6.07) is -0.0599. The van der Waals surface area contributed by atoms with E-state index in [1.165, 1.54) is 7.11 Å². The zero-order valence-corrected chi connectivity index (χ0v) is 8.53. The second-order valence-electron chi connectivity index (χ2n) is 3.70. The van der Waals surface area contributed by atoms with Crippen LogP contribution in [0.5, 0.6) is 0 Å². The lowest BCUT2D eigenvalue weighted by Crippen LogP contribution is -2.37. The van der Waals surface area contributed by atoms with Crippen LogP contribution in [0, 0.1) is 5.92 Å². The third-order valence-corrected chi connectivity index (χ3v) is 2.26. The molecular weight excluding hydrogens is 184 g/mol. The summed E-state index contributed by atoms with van der Waals surface area (Å²) in [5.41, 5.74) is 5.58. The standard InChI is InChI=1S/C9H16N2O3/c1-6(10)4-11-5-7(3-8(11)12)9(13)14-2/h6-7H,3-5,10H2,1-2H3. The lowest BCUT2D eigenvalue weighted by Gasteiger charge is -2.18. The van der Waals surface area contributed by atoms with E-state index in [0.717, 1.165) is 0 Å². The number of nitrogens with two attached hydrogens (primary N) is 1. The fourth-order valence-corrected chi connectivity index (χ4v) is 1.62. The maximum Gasteiger partial charge on any atom is 0.310 e. The monoisotopic (exact) mass is 200 g/mol. The summed E-state index contributed by atoms with van der Waals surface area (Å²) in [6.07, 6.45) is 0.249. The minimum absolute atomic E-state index is 0.0160. The van der Waals surface area contributed by atoms with E-state index in [4.69, 9.17) is 5.73 Å². The molecule has 1 fully saturated rings. The first-order chi connectivity index (χ1) is 6.54. The quantitative estimate of drug-likeness (QED) is 0.615. The van der Waals surface area contributed by atoms with Crippen LogP contribution in [-0.2, 0) is 14.3 Å². The summed E-state index contributed by atoms with van der Waals surface area (Å²) >= 11 is 0. The van der Waals surface area contributed by atoms with E-state index in [1.807, 2.05) is 6.92 Å². The number of rotatable bonds is 3. The molecule has 1 heterocycles. The molecule has 80 valence electrons. The van der Waals surface area contributed by atoms with Gasteiger partial charge in [-0.1, -0.05) is 0 Å². The van der Waals surface area contributed by atoms with Crippen molar-refractivity contribution in [2.75, 3.05) is 20.2 Å². The molecule has 2 atom stereocenters. The number of nitrogens with zero attached hydrogens (tertiary/aromatic N) is 1. The molecule has 0 saturated carbocycles. The maximum atomic E-state index is 11.4. The highest BCUT2D eigenvalue weighted by Gasteiger charge is 2.34. The smallest absolute Gasteiger partial charge is 0.310 e. The van der Waals surface area contributed by atoms with Gasteiger partial charge in [0.15, 0.2) is 0 Å². The molecule has 0 spiro atoms. The van der Waals surface area contributed by atoms with Crippen LogP contribution in [0.25, 0.3) is 0 Å². The number of likely N-dealkylation sites (tertiary alicyclic amines) is 1. The molecule has 1 aliphatic rings. The van der Waals surface area contributed by atoms with Crippen LogP contribution in [0.2, 0.25) is 0 Å². The van der Waals surface area contributed by atoms with Gasteiger partial charge in [0.1, 0.15) is 0 Å². The predicted molar refractivity (Wildman–Crippen MR) is 50.4 cm³/mol. The molecule has 0 aliphatic carbocycles. The second kappa shape index (κ2) is 4.41. The van der Waals surface area contributed by atoms with Gasteiger partial charge in [-0.05, 0) is 6.92 Å². The van der Waals surface area contributed by atoms with Gasteiger partial charge in [0.05, 0.1) is 13.0 Å². The van der Waals surface area contributed by atoms with Crippen LogP contribution in [0.3, 0.4) is 0 Å². The van der Waals surface area contributed by atoms with Crippen LogP contribution < -0.4 is 5.73 Å². The molecule has 2 N–H and O–H groups in total. The number of amides is 1. The molecule has 1 aliphatic heterocycles. The first-order valence-corrected chi connectivity index (χ1v) is 4.65. The normalized spacial score (nSPS) is 23.8. The lowest BCUT2D eigenvalue weighted by molar-refractivity contribution is -0.145. The number of methoxy groups -OCH3 is 1. The van der Waals surface area contributed by atoms with Crippen molar-refractivity contribution in [2.45, 2.75) is 19.4 Å². The van der Waals surface area contributed by atoms with Gasteiger partial charge in [0, 0.05) is 25.6 Å². The van der Waals surface area contributed by atoms with Crippen molar-refractivity contribution in [2.24, 2.45) is 11.7 Å². The molecule has 0 aromatic heterocycles. The SMILES string of the molecule is COC(=O)C1CC(=O)N(CC(C)N)C1. The van der Waals surface area contributed by atoms with E-state index in [-0.39, 0.29) is 30.3 Å². The number of esters is 1. The van der Waals surface area contributed by atoms with Gasteiger partial charge in [0.25, 0.3) is 0 Å². The Labute approximate surface area is 83.2 Å². The van der Waals surface area contributed by atoms with E-state index in [2.05, 4.69) is 4.74 Å². The largest absolute Gasteiger partial charge is 0.469 e. The Hall–Kier alpha value is -1.10. The van der Waals surface area contributed by atoms with E-state index in [9.17, 15) is 9.59 Å². The summed E-state index contributed by atoms with van der Waals surface area (Å²) in [5.74, 6) is -0.644. The Morgan fingerprint density at radius 1 is 1.79 bits per heavy atom. The molecule has 1 rings (SSSR count). The van der Waals surface area contributed by atoms with Gasteiger partial charge in [-0.3, -0.25) is 9.59 Å². The van der Waals surface area contributed by atoms with E-state index in [0.29, 0.717) is 13.1 Å². The molecule has 0 aromatic carbocycles. The molecule has 0 bridgehead atoms. The van der Waals surface area contributed by atoms with Gasteiger partial charge in [-0.2, -0.15) is 0 Å². The van der Waals surface area contributed by atoms with Gasteiger partial charge >= 0.3 is 5.97 Å². The number of carbonyl (C=O) groups excluding carboxylic acids is 2. The Kier molecular flexibility index (Phi) is 3.46. The van der Waals surface area contributed by atoms with Crippen molar-refractivity contribution >= 4 is 11.9 Å². The average molecular weight is 200 g/mol. The summed E-state index contributed by atoms with van der Waals surface area (Å²) in [7, 11) is 1.33. The van der Waals surface area contributed by atoms with Crippen LogP contribution in [-0.4, -0.2) is 43.0 Å². The lowest BCUT2D eigenvalue weighted by atomic mass is 10.1. The molecule has 1 saturated heterocycles. The fraction of sp³-hybridized carbons (Fsp3) is 0.778. The Bertz CT molecular complexity index is 240. The summed E-state index contributed by atoms with van der Waals surface area (Å²) < 4.78 is 4.59. The van der Waals surface area contributed by atoms with Crippen molar-refractivity contribution in [1.82, 2.24) is 4.90 Å². The highest BCUT2D eigenvalue weighted by atomic mass is 16.5. The van der Waals surface area contributed by atoms with Crippen molar-refractivity contribution < 1.29 is 14.3 Å². The number of carbonyl (C=O) groups is 2. The van der Waals surface area contributed by atoms with Crippen LogP contribution in [0.1, 0.15) is 13.3 Å². The number of hydrogen-bond acceptors (Lipinski definition) is 4. The third-order valence-electron chi connectivity index (χ3n) is 2.26. The Balaban J connectivity index is 2.51.